The number of benzene rings is 1. The van der Waals surface area contributed by atoms with Crippen LogP contribution in [0.25, 0.3) is 0 Å². The van der Waals surface area contributed by atoms with Crippen molar-refractivity contribution < 1.29 is 0 Å². The number of thiophene rings is 1. The maximum absolute atomic E-state index is 6.33. The number of halogens is 1. The molecule has 2 atom stereocenters. The Hall–Kier alpha value is -0.680. The minimum absolute atomic E-state index is 0.0805. The lowest BCUT2D eigenvalue weighted by atomic mass is 10.0. The van der Waals surface area contributed by atoms with Gasteiger partial charge in [-0.15, -0.1) is 11.3 Å². The van der Waals surface area contributed by atoms with E-state index in [1.165, 1.54) is 10.4 Å². The van der Waals surface area contributed by atoms with Gasteiger partial charge in [-0.25, -0.2) is 0 Å². The zero-order chi connectivity index (χ0) is 15.2. The second-order valence-corrected chi connectivity index (χ2v) is 7.42. The summed E-state index contributed by atoms with van der Waals surface area (Å²) in [5.41, 5.74) is 7.52. The molecular weight excluding hydrogens is 344 g/mol. The Morgan fingerprint density at radius 2 is 2.00 bits per heavy atom. The van der Waals surface area contributed by atoms with Gasteiger partial charge in [-0.3, -0.25) is 0 Å². The van der Waals surface area contributed by atoms with Crippen molar-refractivity contribution in [2.24, 2.45) is 5.73 Å². The largest absolute Gasteiger partial charge is 0.324 e. The summed E-state index contributed by atoms with van der Waals surface area (Å²) in [6, 6.07) is 13.2. The van der Waals surface area contributed by atoms with Crippen molar-refractivity contribution in [3.05, 3.63) is 56.7 Å². The lowest BCUT2D eigenvalue weighted by Gasteiger charge is -2.26. The molecule has 2 nitrogen and oxygen atoms in total. The summed E-state index contributed by atoms with van der Waals surface area (Å²) in [6.45, 7) is 3.29. The van der Waals surface area contributed by atoms with Gasteiger partial charge >= 0.3 is 0 Å². The first-order chi connectivity index (χ1) is 10.1. The van der Waals surface area contributed by atoms with Crippen LogP contribution in [0.1, 0.15) is 29.8 Å². The molecule has 0 saturated heterocycles. The standard InChI is InChI=1S/C17H23BrN2S/c1-13(12-14-6-5-11-21-14)20(2)10-9-17(19)15-7-3-4-8-16(15)18/h3-8,11,13,17H,9-10,12,19H2,1-2H3. The lowest BCUT2D eigenvalue weighted by Crippen LogP contribution is -2.33. The highest BCUT2D eigenvalue weighted by atomic mass is 79.9. The Bertz CT molecular complexity index is 541. The number of hydrogen-bond acceptors (Lipinski definition) is 3. The highest BCUT2D eigenvalue weighted by Gasteiger charge is 2.14. The van der Waals surface area contributed by atoms with E-state index in [4.69, 9.17) is 5.73 Å². The third-order valence-electron chi connectivity index (χ3n) is 3.93. The Morgan fingerprint density at radius 1 is 1.24 bits per heavy atom. The van der Waals surface area contributed by atoms with E-state index in [1.54, 1.807) is 0 Å². The lowest BCUT2D eigenvalue weighted by molar-refractivity contribution is 0.247. The maximum atomic E-state index is 6.33. The first-order valence-electron chi connectivity index (χ1n) is 7.30. The van der Waals surface area contributed by atoms with Gasteiger partial charge in [0.25, 0.3) is 0 Å². The number of nitrogens with two attached hydrogens (primary N) is 1. The van der Waals surface area contributed by atoms with Gasteiger partial charge < -0.3 is 10.6 Å². The summed E-state index contributed by atoms with van der Waals surface area (Å²) in [6.07, 6.45) is 2.08. The number of nitrogens with zero attached hydrogens (tertiary/aromatic N) is 1. The van der Waals surface area contributed by atoms with Crippen molar-refractivity contribution in [2.75, 3.05) is 13.6 Å². The van der Waals surface area contributed by atoms with E-state index in [-0.39, 0.29) is 6.04 Å². The molecule has 0 aliphatic carbocycles. The van der Waals surface area contributed by atoms with Gasteiger partial charge in [0.2, 0.25) is 0 Å². The number of rotatable bonds is 7. The van der Waals surface area contributed by atoms with Gasteiger partial charge in [0.15, 0.2) is 0 Å². The first-order valence-corrected chi connectivity index (χ1v) is 8.98. The summed E-state index contributed by atoms with van der Waals surface area (Å²) >= 11 is 5.41. The zero-order valence-corrected chi connectivity index (χ0v) is 15.0. The molecule has 114 valence electrons. The van der Waals surface area contributed by atoms with Crippen molar-refractivity contribution in [1.29, 1.82) is 0 Å². The van der Waals surface area contributed by atoms with Gasteiger partial charge in [0.05, 0.1) is 0 Å². The van der Waals surface area contributed by atoms with Crippen LogP contribution in [0.2, 0.25) is 0 Å². The summed E-state index contributed by atoms with van der Waals surface area (Å²) in [4.78, 5) is 3.85. The van der Waals surface area contributed by atoms with Crippen LogP contribution in [0.15, 0.2) is 46.3 Å². The molecule has 1 aromatic heterocycles. The topological polar surface area (TPSA) is 29.3 Å². The minimum Gasteiger partial charge on any atom is -0.324 e. The molecule has 2 N–H and O–H groups in total. The van der Waals surface area contributed by atoms with Gasteiger partial charge in [-0.1, -0.05) is 40.2 Å². The molecule has 1 aromatic carbocycles. The average Bonchev–Trinajstić information content (AvgIpc) is 2.97. The van der Waals surface area contributed by atoms with Crippen LogP contribution in [-0.2, 0) is 6.42 Å². The second kappa shape index (κ2) is 8.08. The SMILES string of the molecule is CC(Cc1cccs1)N(C)CCC(N)c1ccccc1Br. The number of hydrogen-bond donors (Lipinski definition) is 1. The molecule has 0 fully saturated rings. The zero-order valence-electron chi connectivity index (χ0n) is 12.6. The van der Waals surface area contributed by atoms with Gasteiger partial charge in [-0.2, -0.15) is 0 Å². The summed E-state index contributed by atoms with van der Waals surface area (Å²) < 4.78 is 1.10. The molecule has 0 aliphatic rings. The highest BCUT2D eigenvalue weighted by Crippen LogP contribution is 2.24. The van der Waals surface area contributed by atoms with Crippen LogP contribution in [0.5, 0.6) is 0 Å². The predicted molar refractivity (Wildman–Crippen MR) is 95.8 cm³/mol. The van der Waals surface area contributed by atoms with Crippen LogP contribution < -0.4 is 5.73 Å². The molecule has 0 spiro atoms. The van der Waals surface area contributed by atoms with Crippen molar-refractivity contribution in [3.8, 4) is 0 Å². The monoisotopic (exact) mass is 366 g/mol. The molecule has 21 heavy (non-hydrogen) atoms. The van der Waals surface area contributed by atoms with Crippen molar-refractivity contribution in [1.82, 2.24) is 4.90 Å². The third-order valence-corrected chi connectivity index (χ3v) is 5.55. The van der Waals surface area contributed by atoms with E-state index in [2.05, 4.69) is 64.4 Å². The molecule has 0 saturated carbocycles. The fourth-order valence-corrected chi connectivity index (χ4v) is 3.78. The van der Waals surface area contributed by atoms with Gasteiger partial charge in [0.1, 0.15) is 0 Å². The molecule has 0 bridgehead atoms. The van der Waals surface area contributed by atoms with Crippen LogP contribution in [0.4, 0.5) is 0 Å². The molecule has 0 radical (unpaired) electrons. The van der Waals surface area contributed by atoms with Crippen LogP contribution in [-0.4, -0.2) is 24.5 Å². The molecule has 1 heterocycles. The van der Waals surface area contributed by atoms with Crippen LogP contribution in [0.3, 0.4) is 0 Å². The molecule has 2 rings (SSSR count). The summed E-state index contributed by atoms with van der Waals surface area (Å²) in [5, 5.41) is 2.14. The van der Waals surface area contributed by atoms with Crippen molar-refractivity contribution >= 4 is 27.3 Å². The minimum atomic E-state index is 0.0805. The fraction of sp³-hybridized carbons (Fsp3) is 0.412. The maximum Gasteiger partial charge on any atom is 0.0318 e. The van der Waals surface area contributed by atoms with Crippen molar-refractivity contribution in [2.45, 2.75) is 31.8 Å². The van der Waals surface area contributed by atoms with Gasteiger partial charge in [-0.05, 0) is 56.4 Å². The summed E-state index contributed by atoms with van der Waals surface area (Å²) in [5.74, 6) is 0. The van der Waals surface area contributed by atoms with E-state index >= 15 is 0 Å². The van der Waals surface area contributed by atoms with Gasteiger partial charge in [0, 0.05) is 21.4 Å². The predicted octanol–water partition coefficient (Wildman–Crippen LogP) is 4.46. The second-order valence-electron chi connectivity index (χ2n) is 5.53. The summed E-state index contributed by atoms with van der Waals surface area (Å²) in [7, 11) is 2.19. The molecule has 2 unspecified atom stereocenters. The van der Waals surface area contributed by atoms with E-state index in [1.807, 2.05) is 23.5 Å². The first kappa shape index (κ1) is 16.7. The average molecular weight is 367 g/mol. The van der Waals surface area contributed by atoms with Crippen molar-refractivity contribution in [3.63, 3.8) is 0 Å². The normalized spacial score (nSPS) is 14.3. The third kappa shape index (κ3) is 4.92. The van der Waals surface area contributed by atoms with E-state index < -0.39 is 0 Å². The smallest absolute Gasteiger partial charge is 0.0318 e. The van der Waals surface area contributed by atoms with E-state index in [0.717, 1.165) is 23.9 Å². The van der Waals surface area contributed by atoms with E-state index in [9.17, 15) is 0 Å². The number of likely N-dealkylation sites (N-methyl/N-ethyl adjacent to an activating group) is 1. The highest BCUT2D eigenvalue weighted by molar-refractivity contribution is 9.10. The molecular formula is C17H23BrN2S. The molecule has 0 aliphatic heterocycles. The van der Waals surface area contributed by atoms with Crippen LogP contribution >= 0.6 is 27.3 Å². The molecule has 0 amide bonds. The Balaban J connectivity index is 1.83. The Morgan fingerprint density at radius 3 is 2.67 bits per heavy atom. The quantitative estimate of drug-likeness (QED) is 0.783. The Kier molecular flexibility index (Phi) is 6.42. The molecule has 2 aromatic rings. The van der Waals surface area contributed by atoms with Crippen LogP contribution in [0, 0.1) is 0 Å². The Labute approximate surface area is 140 Å². The molecule has 4 heteroatoms. The fourth-order valence-electron chi connectivity index (χ4n) is 2.37. The van der Waals surface area contributed by atoms with E-state index in [0.29, 0.717) is 6.04 Å².